The number of furan rings is 1. The summed E-state index contributed by atoms with van der Waals surface area (Å²) in [5, 5.41) is 14.0. The van der Waals surface area contributed by atoms with Gasteiger partial charge in [0.25, 0.3) is 0 Å². The van der Waals surface area contributed by atoms with E-state index in [1.54, 1.807) is 0 Å². The molecule has 1 aromatic rings. The second-order valence-electron chi connectivity index (χ2n) is 8.14. The average molecular weight is 359 g/mol. The fourth-order valence-corrected chi connectivity index (χ4v) is 3.67. The fourth-order valence-electron chi connectivity index (χ4n) is 3.67. The average Bonchev–Trinajstić information content (AvgIpc) is 3.27. The molecule has 1 aliphatic heterocycles. The highest BCUT2D eigenvalue weighted by atomic mass is 16.3. The maximum atomic E-state index is 10.8. The zero-order valence-electron chi connectivity index (χ0n) is 16.1. The smallest absolute Gasteiger partial charge is 0.134 e. The van der Waals surface area contributed by atoms with Crippen LogP contribution in [0.15, 0.2) is 23.1 Å². The van der Waals surface area contributed by atoms with Gasteiger partial charge < -0.3 is 20.6 Å². The van der Waals surface area contributed by atoms with Crippen molar-refractivity contribution in [2.24, 2.45) is 11.7 Å². The van der Waals surface area contributed by atoms with Gasteiger partial charge in [-0.05, 0) is 36.5 Å². The molecule has 4 heteroatoms. The normalized spacial score (nSPS) is 26.0. The molecule has 1 aromatic heterocycles. The molecule has 4 N–H and O–H groups in total. The number of allylic oxidation sites excluding steroid dienone is 1. The van der Waals surface area contributed by atoms with Crippen molar-refractivity contribution < 1.29 is 9.52 Å². The largest absolute Gasteiger partial charge is 0.461 e. The molecule has 2 heterocycles. The molecule has 2 fully saturated rings. The Hall–Kier alpha value is -1.36. The topological polar surface area (TPSA) is 71.4 Å². The van der Waals surface area contributed by atoms with Crippen LogP contribution in [0.3, 0.4) is 0 Å². The van der Waals surface area contributed by atoms with E-state index in [9.17, 15) is 5.11 Å². The molecule has 26 heavy (non-hydrogen) atoms. The van der Waals surface area contributed by atoms with Crippen LogP contribution < -0.4 is 11.1 Å². The summed E-state index contributed by atoms with van der Waals surface area (Å²) >= 11 is 0. The van der Waals surface area contributed by atoms with Gasteiger partial charge in [-0.25, -0.2) is 0 Å². The third-order valence-electron chi connectivity index (χ3n) is 5.69. The minimum atomic E-state index is -0.925. The van der Waals surface area contributed by atoms with Crippen LogP contribution in [0.25, 0.3) is 11.6 Å². The lowest BCUT2D eigenvalue weighted by Crippen LogP contribution is -2.47. The van der Waals surface area contributed by atoms with Crippen molar-refractivity contribution in [1.82, 2.24) is 5.32 Å². The van der Waals surface area contributed by atoms with Crippen LogP contribution in [0.4, 0.5) is 0 Å². The monoisotopic (exact) mass is 358 g/mol. The van der Waals surface area contributed by atoms with E-state index in [-0.39, 0.29) is 6.04 Å². The zero-order valence-corrected chi connectivity index (χ0v) is 16.1. The summed E-state index contributed by atoms with van der Waals surface area (Å²) in [5.41, 5.74) is 7.10. The Bertz CT molecular complexity index is 645. The predicted octanol–water partition coefficient (Wildman–Crippen LogP) is 3.89. The quantitative estimate of drug-likeness (QED) is 0.555. The third kappa shape index (κ3) is 4.87. The molecule has 1 saturated carbocycles. The van der Waals surface area contributed by atoms with E-state index in [4.69, 9.17) is 10.2 Å². The summed E-state index contributed by atoms with van der Waals surface area (Å²) in [5.74, 6) is 2.79. The van der Waals surface area contributed by atoms with Crippen molar-refractivity contribution in [1.29, 1.82) is 0 Å². The number of rotatable bonds is 10. The fraction of sp³-hybridized carbons (Fsp3) is 0.636. The first-order valence-electron chi connectivity index (χ1n) is 10.2. The van der Waals surface area contributed by atoms with Crippen LogP contribution in [0.2, 0.25) is 0 Å². The van der Waals surface area contributed by atoms with E-state index < -0.39 is 5.60 Å². The Kier molecular flexibility index (Phi) is 6.38. The minimum Gasteiger partial charge on any atom is -0.461 e. The summed E-state index contributed by atoms with van der Waals surface area (Å²) < 4.78 is 6.14. The highest BCUT2D eigenvalue weighted by Crippen LogP contribution is 2.36. The third-order valence-corrected chi connectivity index (χ3v) is 5.69. The van der Waals surface area contributed by atoms with Gasteiger partial charge in [-0.3, -0.25) is 0 Å². The van der Waals surface area contributed by atoms with E-state index in [0.717, 1.165) is 41.4 Å². The number of aryl methyl sites for hydroxylation is 1. The molecule has 2 aliphatic rings. The van der Waals surface area contributed by atoms with Gasteiger partial charge in [-0.2, -0.15) is 0 Å². The van der Waals surface area contributed by atoms with Crippen molar-refractivity contribution in [2.45, 2.75) is 69.9 Å². The zero-order chi connectivity index (χ0) is 18.6. The molecule has 144 valence electrons. The lowest BCUT2D eigenvalue weighted by atomic mass is 9.88. The molecule has 1 saturated heterocycles. The first-order chi connectivity index (χ1) is 12.5. The highest BCUT2D eigenvalue weighted by Gasteiger charge is 2.39. The lowest BCUT2D eigenvalue weighted by Gasteiger charge is -2.27. The second kappa shape index (κ2) is 8.55. The maximum absolute atomic E-state index is 10.8. The van der Waals surface area contributed by atoms with E-state index in [1.165, 1.54) is 32.1 Å². The highest BCUT2D eigenvalue weighted by molar-refractivity contribution is 5.72. The number of hydrogen-bond acceptors (Lipinski definition) is 4. The Morgan fingerprint density at radius 3 is 2.96 bits per heavy atom. The molecule has 0 aromatic carbocycles. The van der Waals surface area contributed by atoms with Crippen LogP contribution in [-0.2, 0) is 6.42 Å². The number of unbranched alkanes of at least 4 members (excludes halogenated alkanes) is 2. The van der Waals surface area contributed by atoms with Crippen molar-refractivity contribution >= 4 is 11.6 Å². The minimum absolute atomic E-state index is 0.260. The van der Waals surface area contributed by atoms with Crippen molar-refractivity contribution in [3.8, 4) is 0 Å². The summed E-state index contributed by atoms with van der Waals surface area (Å²) in [6.45, 7) is 7.61. The van der Waals surface area contributed by atoms with Gasteiger partial charge in [0.2, 0.25) is 0 Å². The molecule has 1 aliphatic carbocycles. The van der Waals surface area contributed by atoms with E-state index >= 15 is 0 Å². The van der Waals surface area contributed by atoms with E-state index in [0.29, 0.717) is 19.5 Å². The number of nitrogens with one attached hydrogen (secondary N) is 1. The second-order valence-corrected chi connectivity index (χ2v) is 8.14. The number of β-amino-alcohol motifs (C(OH)–C–C–N with tert-alkyl or cyclic N) is 1. The standard InChI is InChI=1S/C22H34N2O2/c1-3-4-5-6-7-20-19(12-18(26-20)11-10-17-8-9-17)16(2)13-22(25)15-24-14-21(22)23/h6-7,12,17,21,24-25H,2-5,8-11,13-15,23H2,1H3/b7-6-/t21?,22-/m0/s1. The molecular formula is C22H34N2O2. The molecule has 1 unspecified atom stereocenters. The van der Waals surface area contributed by atoms with E-state index in [2.05, 4.69) is 37.0 Å². The van der Waals surface area contributed by atoms with Gasteiger partial charge in [0.05, 0.1) is 5.60 Å². The maximum Gasteiger partial charge on any atom is 0.134 e. The van der Waals surface area contributed by atoms with Gasteiger partial charge in [0.15, 0.2) is 0 Å². The molecular weight excluding hydrogens is 324 g/mol. The van der Waals surface area contributed by atoms with Gasteiger partial charge >= 0.3 is 0 Å². The predicted molar refractivity (Wildman–Crippen MR) is 108 cm³/mol. The number of aliphatic hydroxyl groups is 1. The van der Waals surface area contributed by atoms with Crippen molar-refractivity contribution in [3.63, 3.8) is 0 Å². The molecule has 0 spiro atoms. The first kappa shape index (κ1) is 19.4. The van der Waals surface area contributed by atoms with Crippen LogP contribution in [0.5, 0.6) is 0 Å². The first-order valence-corrected chi connectivity index (χ1v) is 10.2. The number of nitrogens with two attached hydrogens (primary N) is 1. The Morgan fingerprint density at radius 1 is 1.50 bits per heavy atom. The summed E-state index contributed by atoms with van der Waals surface area (Å²) in [6.07, 6.45) is 13.1. The number of hydrogen-bond donors (Lipinski definition) is 3. The van der Waals surface area contributed by atoms with Gasteiger partial charge in [0, 0.05) is 37.5 Å². The van der Waals surface area contributed by atoms with Crippen LogP contribution in [-0.4, -0.2) is 29.8 Å². The van der Waals surface area contributed by atoms with Gasteiger partial charge in [-0.1, -0.05) is 45.3 Å². The molecule has 4 nitrogen and oxygen atoms in total. The Balaban J connectivity index is 1.73. The van der Waals surface area contributed by atoms with Crippen LogP contribution >= 0.6 is 0 Å². The SMILES string of the molecule is C=C(C[C@]1(O)CNCC1N)c1cc(CCC2CC2)oc1/C=C\CCCC. The molecule has 2 atom stereocenters. The molecule has 0 bridgehead atoms. The van der Waals surface area contributed by atoms with Crippen LogP contribution in [0, 0.1) is 5.92 Å². The molecule has 0 amide bonds. The summed E-state index contributed by atoms with van der Waals surface area (Å²) in [4.78, 5) is 0. The van der Waals surface area contributed by atoms with Crippen molar-refractivity contribution in [3.05, 3.63) is 35.8 Å². The Morgan fingerprint density at radius 2 is 2.31 bits per heavy atom. The van der Waals surface area contributed by atoms with Crippen molar-refractivity contribution in [2.75, 3.05) is 13.1 Å². The van der Waals surface area contributed by atoms with E-state index in [1.807, 2.05) is 0 Å². The summed E-state index contributed by atoms with van der Waals surface area (Å²) in [6, 6.07) is 1.87. The van der Waals surface area contributed by atoms with Crippen LogP contribution in [0.1, 0.15) is 69.0 Å². The lowest BCUT2D eigenvalue weighted by molar-refractivity contribution is 0.0515. The Labute approximate surface area is 157 Å². The summed E-state index contributed by atoms with van der Waals surface area (Å²) in [7, 11) is 0. The molecule has 3 rings (SSSR count). The van der Waals surface area contributed by atoms with Gasteiger partial charge in [-0.15, -0.1) is 0 Å². The van der Waals surface area contributed by atoms with Gasteiger partial charge in [0.1, 0.15) is 11.5 Å². The molecule has 0 radical (unpaired) electrons.